The molecule has 0 aromatic carbocycles. The normalized spacial score (nSPS) is 20.8. The van der Waals surface area contributed by atoms with Gasteiger partial charge in [0, 0.05) is 12.6 Å². The highest BCUT2D eigenvalue weighted by atomic mass is 16.6. The van der Waals surface area contributed by atoms with Crippen LogP contribution in [0.4, 0.5) is 5.69 Å². The third kappa shape index (κ3) is 5.56. The molecule has 130 valence electrons. The smallest absolute Gasteiger partial charge is 0.306 e. The number of nitrogens with zero attached hydrogens (tertiary/aromatic N) is 5. The van der Waals surface area contributed by atoms with E-state index in [0.29, 0.717) is 12.6 Å². The molecule has 0 radical (unpaired) electrons. The fourth-order valence-electron chi connectivity index (χ4n) is 3.15. The average Bonchev–Trinajstić information content (AvgIpc) is 2.95. The summed E-state index contributed by atoms with van der Waals surface area (Å²) in [5.41, 5.74) is -0.0501. The van der Waals surface area contributed by atoms with Crippen molar-refractivity contribution in [2.75, 3.05) is 33.7 Å². The van der Waals surface area contributed by atoms with Gasteiger partial charge >= 0.3 is 5.69 Å². The fraction of sp³-hybridized carbons (Fsp3) is 0.800. The SMILES string of the molecule is CN(CCC1CCCCN1C)CC(O)Cn1cc([N+](=O)[O-])cn1. The van der Waals surface area contributed by atoms with Gasteiger partial charge in [-0.15, -0.1) is 0 Å². The molecule has 0 saturated carbocycles. The number of nitro groups is 1. The second-order valence-electron chi connectivity index (χ2n) is 6.51. The lowest BCUT2D eigenvalue weighted by Crippen LogP contribution is -2.40. The van der Waals surface area contributed by atoms with E-state index in [1.165, 1.54) is 42.9 Å². The van der Waals surface area contributed by atoms with Gasteiger partial charge in [0.1, 0.15) is 12.4 Å². The Morgan fingerprint density at radius 2 is 2.35 bits per heavy atom. The fourth-order valence-corrected chi connectivity index (χ4v) is 3.15. The summed E-state index contributed by atoms with van der Waals surface area (Å²) >= 11 is 0. The van der Waals surface area contributed by atoms with Crippen molar-refractivity contribution in [2.24, 2.45) is 0 Å². The van der Waals surface area contributed by atoms with Crippen LogP contribution < -0.4 is 0 Å². The summed E-state index contributed by atoms with van der Waals surface area (Å²) in [7, 11) is 4.18. The first-order valence-corrected chi connectivity index (χ1v) is 8.19. The molecule has 2 heterocycles. The van der Waals surface area contributed by atoms with Crippen molar-refractivity contribution in [3.8, 4) is 0 Å². The van der Waals surface area contributed by atoms with Crippen LogP contribution in [-0.4, -0.2) is 75.5 Å². The Morgan fingerprint density at radius 3 is 3.00 bits per heavy atom. The van der Waals surface area contributed by atoms with Crippen LogP contribution in [0.3, 0.4) is 0 Å². The van der Waals surface area contributed by atoms with E-state index in [-0.39, 0.29) is 12.2 Å². The molecule has 1 N–H and O–H groups in total. The highest BCUT2D eigenvalue weighted by Crippen LogP contribution is 2.18. The van der Waals surface area contributed by atoms with E-state index in [4.69, 9.17) is 0 Å². The number of rotatable bonds is 8. The van der Waals surface area contributed by atoms with Crippen LogP contribution in [0.1, 0.15) is 25.7 Å². The van der Waals surface area contributed by atoms with Crippen LogP contribution >= 0.6 is 0 Å². The molecular formula is C15H27N5O3. The minimum atomic E-state index is -0.594. The Balaban J connectivity index is 1.71. The molecule has 0 spiro atoms. The minimum absolute atomic E-state index is 0.0501. The van der Waals surface area contributed by atoms with Crippen LogP contribution in [0.5, 0.6) is 0 Å². The Labute approximate surface area is 136 Å². The number of piperidine rings is 1. The van der Waals surface area contributed by atoms with E-state index in [1.807, 2.05) is 7.05 Å². The van der Waals surface area contributed by atoms with Crippen molar-refractivity contribution in [3.63, 3.8) is 0 Å². The second-order valence-corrected chi connectivity index (χ2v) is 6.51. The Morgan fingerprint density at radius 1 is 1.57 bits per heavy atom. The number of likely N-dealkylation sites (tertiary alicyclic amines) is 1. The van der Waals surface area contributed by atoms with Crippen molar-refractivity contribution in [1.29, 1.82) is 0 Å². The van der Waals surface area contributed by atoms with Crippen LogP contribution in [0, 0.1) is 10.1 Å². The lowest BCUT2D eigenvalue weighted by Gasteiger charge is -2.33. The van der Waals surface area contributed by atoms with Gasteiger partial charge < -0.3 is 14.9 Å². The van der Waals surface area contributed by atoms with Gasteiger partial charge in [-0.05, 0) is 46.4 Å². The Bertz CT molecular complexity index is 507. The molecule has 1 aromatic rings. The molecule has 0 amide bonds. The average molecular weight is 325 g/mol. The second kappa shape index (κ2) is 8.37. The maximum atomic E-state index is 10.6. The molecule has 2 atom stereocenters. The highest BCUT2D eigenvalue weighted by Gasteiger charge is 2.19. The van der Waals surface area contributed by atoms with Crippen molar-refractivity contribution >= 4 is 5.69 Å². The molecule has 1 aliphatic heterocycles. The van der Waals surface area contributed by atoms with Gasteiger partial charge in [0.15, 0.2) is 0 Å². The Hall–Kier alpha value is -1.51. The first-order valence-electron chi connectivity index (χ1n) is 8.19. The van der Waals surface area contributed by atoms with Crippen LogP contribution in [0.15, 0.2) is 12.4 Å². The summed E-state index contributed by atoms with van der Waals surface area (Å²) in [5, 5.41) is 24.6. The van der Waals surface area contributed by atoms with Crippen LogP contribution in [0.2, 0.25) is 0 Å². The van der Waals surface area contributed by atoms with Crippen molar-refractivity contribution in [2.45, 2.75) is 44.4 Å². The highest BCUT2D eigenvalue weighted by molar-refractivity contribution is 5.20. The lowest BCUT2D eigenvalue weighted by molar-refractivity contribution is -0.385. The Kier molecular flexibility index (Phi) is 6.49. The maximum Gasteiger partial charge on any atom is 0.306 e. The van der Waals surface area contributed by atoms with E-state index in [9.17, 15) is 15.2 Å². The zero-order chi connectivity index (χ0) is 16.8. The summed E-state index contributed by atoms with van der Waals surface area (Å²) in [5.74, 6) is 0. The van der Waals surface area contributed by atoms with E-state index in [0.717, 1.165) is 13.0 Å². The zero-order valence-corrected chi connectivity index (χ0v) is 14.0. The van der Waals surface area contributed by atoms with Crippen LogP contribution in [0.25, 0.3) is 0 Å². The lowest BCUT2D eigenvalue weighted by atomic mass is 10.00. The standard InChI is InChI=1S/C15H27N5O3/c1-17(8-6-13-5-3-4-7-18(13)2)11-15(21)12-19-10-14(9-16-19)20(22)23/h9-10,13,15,21H,3-8,11-12H2,1-2H3. The molecule has 1 aromatic heterocycles. The van der Waals surface area contributed by atoms with Gasteiger partial charge in [-0.2, -0.15) is 5.10 Å². The molecule has 2 rings (SSSR count). The molecule has 23 heavy (non-hydrogen) atoms. The predicted molar refractivity (Wildman–Crippen MR) is 87.3 cm³/mol. The molecule has 1 aliphatic rings. The summed E-state index contributed by atoms with van der Waals surface area (Å²) in [4.78, 5) is 14.7. The van der Waals surface area contributed by atoms with Gasteiger partial charge in [0.25, 0.3) is 0 Å². The van der Waals surface area contributed by atoms with Gasteiger partial charge in [-0.1, -0.05) is 6.42 Å². The molecule has 0 aliphatic carbocycles. The zero-order valence-electron chi connectivity index (χ0n) is 14.0. The molecule has 1 saturated heterocycles. The minimum Gasteiger partial charge on any atom is -0.390 e. The molecule has 8 nitrogen and oxygen atoms in total. The number of likely N-dealkylation sites (N-methyl/N-ethyl adjacent to an activating group) is 1. The predicted octanol–water partition coefficient (Wildman–Crippen LogP) is 0.958. The number of hydrogen-bond acceptors (Lipinski definition) is 6. The molecule has 8 heteroatoms. The number of aliphatic hydroxyl groups excluding tert-OH is 1. The number of hydrogen-bond donors (Lipinski definition) is 1. The molecular weight excluding hydrogens is 298 g/mol. The summed E-state index contributed by atoms with van der Waals surface area (Å²) in [6, 6.07) is 0.636. The number of aromatic nitrogens is 2. The van der Waals surface area contributed by atoms with Gasteiger partial charge in [0.2, 0.25) is 0 Å². The molecule has 1 fully saturated rings. The summed E-state index contributed by atoms with van der Waals surface area (Å²) < 4.78 is 1.42. The molecule has 0 bridgehead atoms. The summed E-state index contributed by atoms with van der Waals surface area (Å²) in [6.07, 6.45) is 6.91. The van der Waals surface area contributed by atoms with Gasteiger partial charge in [-0.25, -0.2) is 0 Å². The van der Waals surface area contributed by atoms with Gasteiger partial charge in [0.05, 0.1) is 17.6 Å². The van der Waals surface area contributed by atoms with Crippen molar-refractivity contribution < 1.29 is 10.0 Å². The van der Waals surface area contributed by atoms with E-state index in [1.54, 1.807) is 0 Å². The van der Waals surface area contributed by atoms with Crippen LogP contribution in [-0.2, 0) is 6.54 Å². The van der Waals surface area contributed by atoms with E-state index in [2.05, 4.69) is 21.9 Å². The summed E-state index contributed by atoms with van der Waals surface area (Å²) in [6.45, 7) is 2.91. The van der Waals surface area contributed by atoms with E-state index >= 15 is 0 Å². The maximum absolute atomic E-state index is 10.6. The monoisotopic (exact) mass is 325 g/mol. The topological polar surface area (TPSA) is 87.7 Å². The molecule has 2 unspecified atom stereocenters. The van der Waals surface area contributed by atoms with Crippen molar-refractivity contribution in [1.82, 2.24) is 19.6 Å². The third-order valence-electron chi connectivity index (χ3n) is 4.52. The van der Waals surface area contributed by atoms with Gasteiger partial charge in [-0.3, -0.25) is 14.8 Å². The van der Waals surface area contributed by atoms with Crippen molar-refractivity contribution in [3.05, 3.63) is 22.5 Å². The third-order valence-corrected chi connectivity index (χ3v) is 4.52. The largest absolute Gasteiger partial charge is 0.390 e. The first kappa shape index (κ1) is 17.8. The number of aliphatic hydroxyl groups is 1. The van der Waals surface area contributed by atoms with E-state index < -0.39 is 11.0 Å². The quantitative estimate of drug-likeness (QED) is 0.566. The first-order chi connectivity index (χ1) is 11.0.